The number of halogens is 6. The number of nitrogens with zero attached hydrogens (tertiary/aromatic N) is 3. The molecular formula is C21H28F6N4O6S. The molecule has 3 heterocycles. The van der Waals surface area contributed by atoms with Crippen LogP contribution >= 0.6 is 11.3 Å². The summed E-state index contributed by atoms with van der Waals surface area (Å²) in [6.45, 7) is 8.01. The number of aliphatic carboxylic acids is 2. The van der Waals surface area contributed by atoms with Crippen LogP contribution in [0.2, 0.25) is 0 Å². The van der Waals surface area contributed by atoms with Crippen molar-refractivity contribution in [3.63, 3.8) is 0 Å². The molecule has 1 saturated heterocycles. The number of aromatic nitrogens is 1. The van der Waals surface area contributed by atoms with Crippen molar-refractivity contribution in [2.45, 2.75) is 64.0 Å². The Balaban J connectivity index is 0.000000426. The topological polar surface area (TPSA) is 141 Å². The maximum Gasteiger partial charge on any atom is 0.490 e. The molecule has 0 aromatic carbocycles. The highest BCUT2D eigenvalue weighted by Gasteiger charge is 2.44. The standard InChI is InChI=1S/C17H26N4O2S.2C2HF3O2/c1-13(2)4-7-21-6-3-5-17(11-21)8-15(20-23-17)16(22)18-9-14-10-24-12-19-14;2*3-2(4,5)1(6)7/h10,12-13H,3-9,11H2,1-2H3,(H,18,22);2*(H,6,7). The molecule has 1 aromatic heterocycles. The number of likely N-dealkylation sites (tertiary alicyclic amines) is 1. The molecule has 38 heavy (non-hydrogen) atoms. The highest BCUT2D eigenvalue weighted by Crippen LogP contribution is 2.33. The van der Waals surface area contributed by atoms with Gasteiger partial charge in [-0.25, -0.2) is 14.6 Å². The van der Waals surface area contributed by atoms with Crippen LogP contribution in [-0.4, -0.2) is 81.2 Å². The number of hydrogen-bond acceptors (Lipinski definition) is 8. The number of carbonyl (C=O) groups is 3. The highest BCUT2D eigenvalue weighted by atomic mass is 32.1. The van der Waals surface area contributed by atoms with E-state index in [0.29, 0.717) is 24.6 Å². The van der Waals surface area contributed by atoms with Crippen LogP contribution < -0.4 is 5.32 Å². The van der Waals surface area contributed by atoms with Crippen LogP contribution in [0.3, 0.4) is 0 Å². The normalized spacial score (nSPS) is 19.4. The Morgan fingerprint density at radius 2 is 1.74 bits per heavy atom. The van der Waals surface area contributed by atoms with Crippen LogP contribution in [0.4, 0.5) is 26.3 Å². The summed E-state index contributed by atoms with van der Waals surface area (Å²) in [6, 6.07) is 0. The number of carbonyl (C=O) groups excluding carboxylic acids is 1. The minimum Gasteiger partial charge on any atom is -0.475 e. The van der Waals surface area contributed by atoms with Crippen LogP contribution in [0, 0.1) is 5.92 Å². The summed E-state index contributed by atoms with van der Waals surface area (Å²) in [4.78, 5) is 42.5. The third-order valence-electron chi connectivity index (χ3n) is 5.14. The fourth-order valence-corrected chi connectivity index (χ4v) is 3.84. The Labute approximate surface area is 217 Å². The lowest BCUT2D eigenvalue weighted by Crippen LogP contribution is -2.49. The van der Waals surface area contributed by atoms with Crippen LogP contribution in [-0.2, 0) is 25.8 Å². The minimum absolute atomic E-state index is 0.140. The second-order valence-electron chi connectivity index (χ2n) is 8.82. The molecule has 0 bridgehead atoms. The third-order valence-corrected chi connectivity index (χ3v) is 5.78. The zero-order valence-electron chi connectivity index (χ0n) is 20.4. The zero-order chi connectivity index (χ0) is 29.1. The van der Waals surface area contributed by atoms with E-state index in [1.807, 2.05) is 5.38 Å². The van der Waals surface area contributed by atoms with E-state index in [-0.39, 0.29) is 11.5 Å². The largest absolute Gasteiger partial charge is 0.490 e. The van der Waals surface area contributed by atoms with E-state index in [1.165, 1.54) is 17.8 Å². The first kappa shape index (κ1) is 33.1. The lowest BCUT2D eigenvalue weighted by Gasteiger charge is -2.38. The molecule has 17 heteroatoms. The summed E-state index contributed by atoms with van der Waals surface area (Å²) in [5.74, 6) is -4.95. The van der Waals surface area contributed by atoms with Gasteiger partial charge in [0.1, 0.15) is 5.71 Å². The lowest BCUT2D eigenvalue weighted by molar-refractivity contribution is -0.193. The van der Waals surface area contributed by atoms with Crippen LogP contribution in [0.25, 0.3) is 0 Å². The first-order valence-electron chi connectivity index (χ1n) is 11.2. The van der Waals surface area contributed by atoms with E-state index in [9.17, 15) is 31.1 Å². The summed E-state index contributed by atoms with van der Waals surface area (Å²) in [6.07, 6.45) is -6.30. The maximum atomic E-state index is 12.3. The molecule has 0 radical (unpaired) electrons. The van der Waals surface area contributed by atoms with Crippen molar-refractivity contribution in [1.82, 2.24) is 15.2 Å². The lowest BCUT2D eigenvalue weighted by atomic mass is 9.87. The number of thiazole rings is 1. The summed E-state index contributed by atoms with van der Waals surface area (Å²) in [5, 5.41) is 23.2. The van der Waals surface area contributed by atoms with Gasteiger partial charge < -0.3 is 20.4 Å². The number of nitrogens with one attached hydrogen (secondary N) is 1. The van der Waals surface area contributed by atoms with Gasteiger partial charge in [-0.2, -0.15) is 26.3 Å². The fourth-order valence-electron chi connectivity index (χ4n) is 3.28. The van der Waals surface area contributed by atoms with Crippen LogP contribution in [0.5, 0.6) is 0 Å². The van der Waals surface area contributed by atoms with E-state index in [4.69, 9.17) is 24.6 Å². The summed E-state index contributed by atoms with van der Waals surface area (Å²) in [7, 11) is 0. The minimum atomic E-state index is -5.08. The van der Waals surface area contributed by atoms with E-state index in [1.54, 1.807) is 5.51 Å². The van der Waals surface area contributed by atoms with Crippen LogP contribution in [0.15, 0.2) is 16.0 Å². The number of alkyl halides is 6. The SMILES string of the molecule is CC(C)CCN1CCCC2(CC(C(=O)NCc3cscn3)=NO2)C1.O=C(O)C(F)(F)F.O=C(O)C(F)(F)F. The number of carboxylic acid groups (broad SMARTS) is 2. The average molecular weight is 579 g/mol. The molecule has 1 unspecified atom stereocenters. The molecule has 10 nitrogen and oxygen atoms in total. The molecule has 3 rings (SSSR count). The first-order chi connectivity index (χ1) is 17.4. The average Bonchev–Trinajstić information content (AvgIpc) is 3.46. The van der Waals surface area contributed by atoms with Gasteiger partial charge in [-0.05, 0) is 38.3 Å². The highest BCUT2D eigenvalue weighted by molar-refractivity contribution is 7.07. The predicted molar refractivity (Wildman–Crippen MR) is 122 cm³/mol. The van der Waals surface area contributed by atoms with Gasteiger partial charge in [0.25, 0.3) is 5.91 Å². The van der Waals surface area contributed by atoms with Gasteiger partial charge in [0.05, 0.1) is 17.7 Å². The molecule has 1 spiro atoms. The summed E-state index contributed by atoms with van der Waals surface area (Å²) >= 11 is 1.52. The predicted octanol–water partition coefficient (Wildman–Crippen LogP) is 3.68. The van der Waals surface area contributed by atoms with Gasteiger partial charge in [-0.15, -0.1) is 11.3 Å². The molecule has 0 aliphatic carbocycles. The third kappa shape index (κ3) is 12.1. The van der Waals surface area contributed by atoms with Crippen molar-refractivity contribution in [3.8, 4) is 0 Å². The van der Waals surface area contributed by atoms with Crippen LogP contribution in [0.1, 0.15) is 45.2 Å². The first-order valence-corrected chi connectivity index (χ1v) is 12.1. The molecule has 2 aliphatic rings. The second-order valence-corrected chi connectivity index (χ2v) is 9.54. The molecule has 2 aliphatic heterocycles. The van der Waals surface area contributed by atoms with Gasteiger partial charge in [0.2, 0.25) is 0 Å². The van der Waals surface area contributed by atoms with Gasteiger partial charge in [0.15, 0.2) is 5.60 Å². The number of rotatable bonds is 6. The fraction of sp³-hybridized carbons (Fsp3) is 0.667. The molecule has 1 amide bonds. The molecule has 3 N–H and O–H groups in total. The van der Waals surface area contributed by atoms with Gasteiger partial charge in [-0.1, -0.05) is 19.0 Å². The Kier molecular flexibility index (Phi) is 12.4. The van der Waals surface area contributed by atoms with E-state index in [0.717, 1.165) is 38.2 Å². The van der Waals surface area contributed by atoms with Crippen molar-refractivity contribution in [1.29, 1.82) is 0 Å². The molecule has 216 valence electrons. The van der Waals surface area contributed by atoms with Crippen molar-refractivity contribution in [3.05, 3.63) is 16.6 Å². The Bertz CT molecular complexity index is 931. The zero-order valence-corrected chi connectivity index (χ0v) is 21.3. The quantitative estimate of drug-likeness (QED) is 0.434. The van der Waals surface area contributed by atoms with E-state index < -0.39 is 24.3 Å². The van der Waals surface area contributed by atoms with E-state index >= 15 is 0 Å². The smallest absolute Gasteiger partial charge is 0.475 e. The Hall–Kier alpha value is -2.95. The number of oxime groups is 1. The Morgan fingerprint density at radius 3 is 2.21 bits per heavy atom. The number of carboxylic acids is 2. The molecule has 1 aromatic rings. The van der Waals surface area contributed by atoms with Crippen molar-refractivity contribution in [2.24, 2.45) is 11.1 Å². The molecular weight excluding hydrogens is 550 g/mol. The van der Waals surface area contributed by atoms with E-state index in [2.05, 4.69) is 34.2 Å². The Morgan fingerprint density at radius 1 is 1.16 bits per heavy atom. The van der Waals surface area contributed by atoms with Crippen molar-refractivity contribution < 1.29 is 55.8 Å². The van der Waals surface area contributed by atoms with Gasteiger partial charge in [0, 0.05) is 18.3 Å². The molecule has 0 saturated carbocycles. The van der Waals surface area contributed by atoms with Gasteiger partial charge in [-0.3, -0.25) is 9.69 Å². The second kappa shape index (κ2) is 14.3. The summed E-state index contributed by atoms with van der Waals surface area (Å²) in [5.41, 5.74) is 2.85. The van der Waals surface area contributed by atoms with Gasteiger partial charge >= 0.3 is 24.3 Å². The number of hydrogen-bond donors (Lipinski definition) is 3. The van der Waals surface area contributed by atoms with Crippen molar-refractivity contribution >= 4 is 34.9 Å². The monoisotopic (exact) mass is 578 g/mol. The number of piperidine rings is 1. The molecule has 1 fully saturated rings. The molecule has 1 atom stereocenters. The summed E-state index contributed by atoms with van der Waals surface area (Å²) < 4.78 is 63.5. The number of amides is 1. The maximum absolute atomic E-state index is 12.3. The van der Waals surface area contributed by atoms with Crippen molar-refractivity contribution in [2.75, 3.05) is 19.6 Å².